The normalized spacial score (nSPS) is 12.5. The van der Waals surface area contributed by atoms with Crippen molar-refractivity contribution in [3.63, 3.8) is 0 Å². The minimum Gasteiger partial charge on any atom is -0.341 e. The van der Waals surface area contributed by atoms with Crippen LogP contribution in [0.5, 0.6) is 0 Å². The highest BCUT2D eigenvalue weighted by atomic mass is 15.0. The SMILES string of the molecule is CCC(CC(C)c1ccc(-c2cc(C)c(Bc3c(C)cc(-c4ccccc4)cc3C)c(C)c2)cc1)c1ccc(-c2ccc(-c3cccc4c3c3ccccc3n4CC)cc2)cc1. The van der Waals surface area contributed by atoms with Gasteiger partial charge in [0.25, 0.3) is 0 Å². The van der Waals surface area contributed by atoms with Gasteiger partial charge in [-0.3, -0.25) is 0 Å². The van der Waals surface area contributed by atoms with Crippen molar-refractivity contribution in [3.8, 4) is 44.5 Å². The Bertz CT molecular complexity index is 2960. The quantitative estimate of drug-likeness (QED) is 0.108. The highest BCUT2D eigenvalue weighted by Crippen LogP contribution is 2.38. The van der Waals surface area contributed by atoms with Gasteiger partial charge in [-0.05, 0) is 127 Å². The first-order chi connectivity index (χ1) is 30.2. The Kier molecular flexibility index (Phi) is 11.6. The summed E-state index contributed by atoms with van der Waals surface area (Å²) >= 11 is 0. The molecule has 0 N–H and O–H groups in total. The van der Waals surface area contributed by atoms with Gasteiger partial charge in [0.05, 0.1) is 0 Å². The van der Waals surface area contributed by atoms with E-state index in [1.165, 1.54) is 111 Å². The van der Waals surface area contributed by atoms with Crippen molar-refractivity contribution in [2.45, 2.75) is 79.7 Å². The maximum atomic E-state index is 2.43. The zero-order valence-electron chi connectivity index (χ0n) is 37.6. The Morgan fingerprint density at radius 3 is 1.48 bits per heavy atom. The van der Waals surface area contributed by atoms with Crippen LogP contribution in [0.15, 0.2) is 170 Å². The molecule has 9 rings (SSSR count). The molecule has 0 bridgehead atoms. The maximum absolute atomic E-state index is 2.43. The molecule has 0 aliphatic heterocycles. The number of hydrogen-bond acceptors (Lipinski definition) is 0. The predicted octanol–water partition coefficient (Wildman–Crippen LogP) is 14.8. The van der Waals surface area contributed by atoms with Gasteiger partial charge >= 0.3 is 0 Å². The molecule has 0 spiro atoms. The molecule has 0 aliphatic carbocycles. The largest absolute Gasteiger partial charge is 0.341 e. The lowest BCUT2D eigenvalue weighted by atomic mass is 9.58. The Morgan fingerprint density at radius 2 is 0.919 bits per heavy atom. The highest BCUT2D eigenvalue weighted by molar-refractivity contribution is 6.69. The van der Waals surface area contributed by atoms with Crippen LogP contribution in [0.25, 0.3) is 66.3 Å². The molecule has 2 unspecified atom stereocenters. The summed E-state index contributed by atoms with van der Waals surface area (Å²) in [5.41, 5.74) is 24.0. The summed E-state index contributed by atoms with van der Waals surface area (Å²) in [5, 5.41) is 2.67. The van der Waals surface area contributed by atoms with Crippen LogP contribution in [0.4, 0.5) is 0 Å². The van der Waals surface area contributed by atoms with Crippen molar-refractivity contribution < 1.29 is 0 Å². The van der Waals surface area contributed by atoms with E-state index >= 15 is 0 Å². The number of aromatic nitrogens is 1. The number of hydrogen-bond donors (Lipinski definition) is 0. The van der Waals surface area contributed by atoms with Gasteiger partial charge in [0.2, 0.25) is 0 Å². The van der Waals surface area contributed by atoms with Crippen molar-refractivity contribution in [1.82, 2.24) is 4.57 Å². The van der Waals surface area contributed by atoms with Crippen LogP contribution >= 0.6 is 0 Å². The van der Waals surface area contributed by atoms with Gasteiger partial charge in [0.15, 0.2) is 7.28 Å². The Labute approximate surface area is 370 Å². The van der Waals surface area contributed by atoms with E-state index in [-0.39, 0.29) is 0 Å². The standard InChI is InChI=1S/C60H58BN/c1-8-44(47-26-28-48(29-27-47)49-30-32-51(33-31-49)54-19-15-21-57-58(54)55-18-13-14-20-56(55)62(57)9-2)34-39(3)45-22-24-50(25-23-45)53-37-42(6)60(43(7)38-53)61-59-40(4)35-52(36-41(59)5)46-16-11-10-12-17-46/h10-33,35-39,44,61H,8-9,34H2,1-7H3. The van der Waals surface area contributed by atoms with Gasteiger partial charge < -0.3 is 4.57 Å². The van der Waals surface area contributed by atoms with E-state index in [0.29, 0.717) is 11.8 Å². The van der Waals surface area contributed by atoms with Crippen LogP contribution in [0.2, 0.25) is 0 Å². The van der Waals surface area contributed by atoms with Crippen molar-refractivity contribution in [2.75, 3.05) is 0 Å². The summed E-state index contributed by atoms with van der Waals surface area (Å²) in [5.74, 6) is 0.967. The molecule has 9 aromatic rings. The number of rotatable bonds is 12. The second-order valence-electron chi connectivity index (χ2n) is 17.7. The van der Waals surface area contributed by atoms with Gasteiger partial charge in [-0.25, -0.2) is 0 Å². The molecule has 0 fully saturated rings. The highest BCUT2D eigenvalue weighted by Gasteiger charge is 2.18. The molecule has 62 heavy (non-hydrogen) atoms. The third-order valence-corrected chi connectivity index (χ3v) is 13.8. The smallest absolute Gasteiger partial charge is 0.193 e. The fraction of sp³-hybridized carbons (Fsp3) is 0.200. The van der Waals surface area contributed by atoms with E-state index in [0.717, 1.165) is 26.7 Å². The average molecular weight is 804 g/mol. The molecule has 0 saturated carbocycles. The number of benzene rings is 8. The lowest BCUT2D eigenvalue weighted by Crippen LogP contribution is -2.34. The number of nitrogens with zero attached hydrogens (tertiary/aromatic N) is 1. The lowest BCUT2D eigenvalue weighted by molar-refractivity contribution is 0.544. The molecule has 1 heterocycles. The summed E-state index contributed by atoms with van der Waals surface area (Å²) in [4.78, 5) is 0. The first kappa shape index (κ1) is 41.0. The summed E-state index contributed by atoms with van der Waals surface area (Å²) in [6, 6.07) is 63.7. The molecule has 8 aromatic carbocycles. The second kappa shape index (κ2) is 17.5. The third-order valence-electron chi connectivity index (χ3n) is 13.8. The fourth-order valence-electron chi connectivity index (χ4n) is 10.3. The van der Waals surface area contributed by atoms with Gasteiger partial charge in [-0.15, -0.1) is 0 Å². The third kappa shape index (κ3) is 7.96. The van der Waals surface area contributed by atoms with E-state index in [1.54, 1.807) is 0 Å². The van der Waals surface area contributed by atoms with Gasteiger partial charge in [-0.1, -0.05) is 205 Å². The number of para-hydroxylation sites is 1. The Morgan fingerprint density at radius 1 is 0.452 bits per heavy atom. The summed E-state index contributed by atoms with van der Waals surface area (Å²) < 4.78 is 2.43. The Balaban J connectivity index is 0.864. The van der Waals surface area contributed by atoms with Crippen LogP contribution in [0, 0.1) is 27.7 Å². The van der Waals surface area contributed by atoms with E-state index < -0.39 is 0 Å². The molecule has 0 saturated heterocycles. The molecule has 1 nitrogen and oxygen atoms in total. The molecule has 0 radical (unpaired) electrons. The molecule has 0 amide bonds. The first-order valence-electron chi connectivity index (χ1n) is 22.8. The van der Waals surface area contributed by atoms with Crippen LogP contribution in [-0.2, 0) is 6.54 Å². The molecular formula is C60H58BN. The number of fused-ring (bicyclic) bond motifs is 3. The molecule has 2 atom stereocenters. The van der Waals surface area contributed by atoms with Crippen molar-refractivity contribution in [2.24, 2.45) is 0 Å². The van der Waals surface area contributed by atoms with E-state index in [2.05, 4.69) is 223 Å². The minimum atomic E-state index is 0.461. The molecule has 306 valence electrons. The summed E-state index contributed by atoms with van der Waals surface area (Å²) in [7, 11) is 0.959. The van der Waals surface area contributed by atoms with E-state index in [9.17, 15) is 0 Å². The second-order valence-corrected chi connectivity index (χ2v) is 17.7. The van der Waals surface area contributed by atoms with E-state index in [4.69, 9.17) is 0 Å². The first-order valence-corrected chi connectivity index (χ1v) is 22.8. The lowest BCUT2D eigenvalue weighted by Gasteiger charge is -2.21. The summed E-state index contributed by atoms with van der Waals surface area (Å²) in [6.07, 6.45) is 2.25. The van der Waals surface area contributed by atoms with Crippen LogP contribution in [-0.4, -0.2) is 11.8 Å². The van der Waals surface area contributed by atoms with Crippen molar-refractivity contribution >= 4 is 40.0 Å². The van der Waals surface area contributed by atoms with E-state index in [1.807, 2.05) is 0 Å². The predicted molar refractivity (Wildman–Crippen MR) is 271 cm³/mol. The maximum Gasteiger partial charge on any atom is 0.193 e. The molecular weight excluding hydrogens is 745 g/mol. The van der Waals surface area contributed by atoms with Crippen molar-refractivity contribution in [1.29, 1.82) is 0 Å². The topological polar surface area (TPSA) is 4.93 Å². The van der Waals surface area contributed by atoms with Crippen LogP contribution < -0.4 is 10.9 Å². The monoisotopic (exact) mass is 803 g/mol. The Hall–Kier alpha value is -6.38. The minimum absolute atomic E-state index is 0.461. The molecule has 2 heteroatoms. The zero-order valence-corrected chi connectivity index (χ0v) is 37.6. The van der Waals surface area contributed by atoms with Crippen LogP contribution in [0.1, 0.15) is 78.8 Å². The van der Waals surface area contributed by atoms with Crippen LogP contribution in [0.3, 0.4) is 0 Å². The zero-order chi connectivity index (χ0) is 42.9. The average Bonchev–Trinajstić information content (AvgIpc) is 3.64. The van der Waals surface area contributed by atoms with Gasteiger partial charge in [0.1, 0.15) is 0 Å². The van der Waals surface area contributed by atoms with Gasteiger partial charge in [0, 0.05) is 28.4 Å². The summed E-state index contributed by atoms with van der Waals surface area (Å²) in [6.45, 7) is 17.0. The molecule has 1 aromatic heterocycles. The fourth-order valence-corrected chi connectivity index (χ4v) is 10.3. The van der Waals surface area contributed by atoms with Gasteiger partial charge in [-0.2, -0.15) is 0 Å². The molecule has 0 aliphatic rings. The number of aryl methyl sites for hydroxylation is 5. The van der Waals surface area contributed by atoms with Crippen molar-refractivity contribution in [3.05, 3.63) is 203 Å².